The van der Waals surface area contributed by atoms with Crippen molar-refractivity contribution in [1.29, 1.82) is 0 Å². The molecule has 2 aromatic rings. The highest BCUT2D eigenvalue weighted by Gasteiger charge is 2.37. The molecule has 0 bridgehead atoms. The highest BCUT2D eigenvalue weighted by molar-refractivity contribution is 5.75. The molecule has 6 heteroatoms. The Morgan fingerprint density at radius 2 is 1.81 bits per heavy atom. The number of hydrogen-bond acceptors (Lipinski definition) is 6. The van der Waals surface area contributed by atoms with Crippen molar-refractivity contribution in [2.75, 3.05) is 20.5 Å². The van der Waals surface area contributed by atoms with E-state index >= 15 is 0 Å². The molecule has 0 amide bonds. The molecule has 0 saturated carbocycles. The average Bonchev–Trinajstić information content (AvgIpc) is 3.24. The maximum Gasteiger partial charge on any atom is 0.309 e. The topological polar surface area (TPSA) is 74.2 Å². The number of hydrogen-bond donors (Lipinski definition) is 1. The fourth-order valence-electron chi connectivity index (χ4n) is 3.53. The normalized spacial score (nSPS) is 20.9. The monoisotopic (exact) mass is 356 g/mol. The molecule has 0 aromatic heterocycles. The van der Waals surface area contributed by atoms with Crippen LogP contribution in [0.3, 0.4) is 0 Å². The lowest BCUT2D eigenvalue weighted by molar-refractivity contribution is -0.141. The minimum atomic E-state index is -0.227. The Kier molecular flexibility index (Phi) is 4.32. The third kappa shape index (κ3) is 3.14. The summed E-state index contributed by atoms with van der Waals surface area (Å²) in [6, 6.07) is 11.0. The number of cyclic esters (lactones) is 1. The van der Waals surface area contributed by atoms with Crippen LogP contribution in [0.1, 0.15) is 11.1 Å². The van der Waals surface area contributed by atoms with Crippen LogP contribution < -0.4 is 14.2 Å². The molecule has 136 valence electrons. The molecule has 1 N–H and O–H groups in total. The Hall–Kier alpha value is -2.89. The van der Waals surface area contributed by atoms with E-state index in [1.165, 1.54) is 7.11 Å². The summed E-state index contributed by atoms with van der Waals surface area (Å²) in [6.45, 7) is 0.655. The number of phenolic OH excluding ortho intramolecular Hbond substituents is 1. The van der Waals surface area contributed by atoms with E-state index < -0.39 is 0 Å². The van der Waals surface area contributed by atoms with Gasteiger partial charge in [-0.1, -0.05) is 12.1 Å². The number of esters is 1. The summed E-state index contributed by atoms with van der Waals surface area (Å²) in [5.74, 6) is 1.66. The molecule has 0 unspecified atom stereocenters. The highest BCUT2D eigenvalue weighted by Crippen LogP contribution is 2.36. The molecule has 0 spiro atoms. The predicted octanol–water partition coefficient (Wildman–Crippen LogP) is 2.70. The second-order valence-electron chi connectivity index (χ2n) is 6.60. The van der Waals surface area contributed by atoms with Crippen LogP contribution in [-0.2, 0) is 22.4 Å². The fraction of sp³-hybridized carbons (Fsp3) is 0.350. The van der Waals surface area contributed by atoms with Gasteiger partial charge in [0.05, 0.1) is 19.6 Å². The van der Waals surface area contributed by atoms with Crippen LogP contribution in [0.5, 0.6) is 23.0 Å². The van der Waals surface area contributed by atoms with Gasteiger partial charge in [-0.3, -0.25) is 4.79 Å². The number of ether oxygens (including phenoxy) is 4. The van der Waals surface area contributed by atoms with Gasteiger partial charge in [-0.15, -0.1) is 0 Å². The molecule has 2 aromatic carbocycles. The van der Waals surface area contributed by atoms with Crippen molar-refractivity contribution in [3.8, 4) is 23.0 Å². The average molecular weight is 356 g/mol. The number of methoxy groups -OCH3 is 1. The van der Waals surface area contributed by atoms with E-state index in [9.17, 15) is 9.90 Å². The van der Waals surface area contributed by atoms with Crippen LogP contribution in [-0.4, -0.2) is 31.6 Å². The van der Waals surface area contributed by atoms with Crippen molar-refractivity contribution in [3.63, 3.8) is 0 Å². The van der Waals surface area contributed by atoms with Crippen LogP contribution in [0.4, 0.5) is 0 Å². The van der Waals surface area contributed by atoms with Crippen LogP contribution >= 0.6 is 0 Å². The second-order valence-corrected chi connectivity index (χ2v) is 6.60. The third-order valence-corrected chi connectivity index (χ3v) is 4.95. The SMILES string of the molecule is COc1cc(C[C@@H]2C(=O)OC[C@@H]2Cc2ccc3c(c2)OCO3)ccc1O. The standard InChI is InChI=1S/C20H20O6/c1-23-18-8-13(2-4-16(18)21)7-15-14(10-24-20(15)22)6-12-3-5-17-19(9-12)26-11-25-17/h2-5,8-9,14-15,21H,6-7,10-11H2,1H3/t14-,15-/m0/s1. The number of fused-ring (bicyclic) bond motifs is 1. The van der Waals surface area contributed by atoms with Gasteiger partial charge in [0.25, 0.3) is 0 Å². The Labute approximate surface area is 151 Å². The lowest BCUT2D eigenvalue weighted by Gasteiger charge is -2.16. The Bertz CT molecular complexity index is 831. The van der Waals surface area contributed by atoms with Crippen molar-refractivity contribution in [2.45, 2.75) is 12.8 Å². The zero-order chi connectivity index (χ0) is 18.1. The van der Waals surface area contributed by atoms with Gasteiger partial charge in [-0.25, -0.2) is 0 Å². The zero-order valence-corrected chi connectivity index (χ0v) is 14.4. The second kappa shape index (κ2) is 6.78. The Morgan fingerprint density at radius 1 is 1.04 bits per heavy atom. The zero-order valence-electron chi connectivity index (χ0n) is 14.4. The molecule has 6 nitrogen and oxygen atoms in total. The van der Waals surface area contributed by atoms with E-state index in [4.69, 9.17) is 18.9 Å². The molecular weight excluding hydrogens is 336 g/mol. The van der Waals surface area contributed by atoms with E-state index in [1.54, 1.807) is 18.2 Å². The van der Waals surface area contributed by atoms with E-state index in [2.05, 4.69) is 0 Å². The smallest absolute Gasteiger partial charge is 0.309 e. The minimum Gasteiger partial charge on any atom is -0.504 e. The lowest BCUT2D eigenvalue weighted by atomic mass is 9.85. The molecule has 2 atom stereocenters. The van der Waals surface area contributed by atoms with Gasteiger partial charge in [-0.2, -0.15) is 0 Å². The van der Waals surface area contributed by atoms with Gasteiger partial charge in [0, 0.05) is 5.92 Å². The van der Waals surface area contributed by atoms with Gasteiger partial charge in [0.2, 0.25) is 6.79 Å². The molecule has 2 heterocycles. The van der Waals surface area contributed by atoms with Crippen LogP contribution in [0.15, 0.2) is 36.4 Å². The Balaban J connectivity index is 1.50. The first-order valence-electron chi connectivity index (χ1n) is 8.55. The molecule has 26 heavy (non-hydrogen) atoms. The maximum atomic E-state index is 12.2. The first-order chi connectivity index (χ1) is 12.6. The molecular formula is C20H20O6. The number of phenols is 1. The van der Waals surface area contributed by atoms with Gasteiger partial charge in [0.15, 0.2) is 23.0 Å². The molecule has 2 aliphatic heterocycles. The fourth-order valence-corrected chi connectivity index (χ4v) is 3.53. The van der Waals surface area contributed by atoms with Gasteiger partial charge in [-0.05, 0) is 48.2 Å². The quantitative estimate of drug-likeness (QED) is 0.831. The molecule has 2 aliphatic rings. The van der Waals surface area contributed by atoms with Gasteiger partial charge < -0.3 is 24.1 Å². The van der Waals surface area contributed by atoms with Crippen LogP contribution in [0.25, 0.3) is 0 Å². The largest absolute Gasteiger partial charge is 0.504 e. The summed E-state index contributed by atoms with van der Waals surface area (Å²) < 4.78 is 21.2. The van der Waals surface area contributed by atoms with E-state index in [1.807, 2.05) is 18.2 Å². The van der Waals surface area contributed by atoms with E-state index in [0.717, 1.165) is 29.0 Å². The number of aromatic hydroxyl groups is 1. The number of rotatable bonds is 5. The van der Waals surface area contributed by atoms with E-state index in [0.29, 0.717) is 18.8 Å². The minimum absolute atomic E-state index is 0.0853. The summed E-state index contributed by atoms with van der Waals surface area (Å²) in [4.78, 5) is 12.2. The number of carbonyl (C=O) groups excluding carboxylic acids is 1. The van der Waals surface area contributed by atoms with Crippen molar-refractivity contribution >= 4 is 5.97 Å². The summed E-state index contributed by atoms with van der Waals surface area (Å²) >= 11 is 0. The summed E-state index contributed by atoms with van der Waals surface area (Å²) in [5.41, 5.74) is 2.02. The molecule has 1 saturated heterocycles. The van der Waals surface area contributed by atoms with Crippen LogP contribution in [0, 0.1) is 11.8 Å². The summed E-state index contributed by atoms with van der Waals surface area (Å²) in [7, 11) is 1.51. The Morgan fingerprint density at radius 3 is 2.65 bits per heavy atom. The van der Waals surface area contributed by atoms with E-state index in [-0.39, 0.29) is 30.3 Å². The van der Waals surface area contributed by atoms with Crippen molar-refractivity contribution < 1.29 is 28.8 Å². The molecule has 0 aliphatic carbocycles. The van der Waals surface area contributed by atoms with Crippen molar-refractivity contribution in [2.24, 2.45) is 11.8 Å². The predicted molar refractivity (Wildman–Crippen MR) is 92.6 cm³/mol. The molecule has 0 radical (unpaired) electrons. The van der Waals surface area contributed by atoms with Crippen LogP contribution in [0.2, 0.25) is 0 Å². The maximum absolute atomic E-state index is 12.2. The third-order valence-electron chi connectivity index (χ3n) is 4.95. The lowest BCUT2D eigenvalue weighted by Crippen LogP contribution is -2.20. The number of carbonyl (C=O) groups is 1. The summed E-state index contributed by atoms with van der Waals surface area (Å²) in [6.07, 6.45) is 1.27. The molecule has 1 fully saturated rings. The molecule has 4 rings (SSSR count). The van der Waals surface area contributed by atoms with Crippen molar-refractivity contribution in [1.82, 2.24) is 0 Å². The first kappa shape index (κ1) is 16.6. The summed E-state index contributed by atoms with van der Waals surface area (Å²) in [5, 5.41) is 9.73. The van der Waals surface area contributed by atoms with Crippen molar-refractivity contribution in [3.05, 3.63) is 47.5 Å². The number of benzene rings is 2. The highest BCUT2D eigenvalue weighted by atomic mass is 16.7. The first-order valence-corrected chi connectivity index (χ1v) is 8.55. The van der Waals surface area contributed by atoms with Gasteiger partial charge in [0.1, 0.15) is 0 Å². The van der Waals surface area contributed by atoms with Gasteiger partial charge >= 0.3 is 5.97 Å².